The van der Waals surface area contributed by atoms with Gasteiger partial charge in [-0.3, -0.25) is 4.79 Å². The summed E-state index contributed by atoms with van der Waals surface area (Å²) in [7, 11) is 1.66. The number of nitrogens with zero attached hydrogens (tertiary/aromatic N) is 2. The molecule has 1 aromatic heterocycles. The van der Waals surface area contributed by atoms with Crippen molar-refractivity contribution in [3.63, 3.8) is 0 Å². The largest absolute Gasteiger partial charge is 0.491 e. The van der Waals surface area contributed by atoms with E-state index in [0.29, 0.717) is 17.0 Å². The van der Waals surface area contributed by atoms with Crippen LogP contribution in [0.25, 0.3) is 0 Å². The predicted octanol–water partition coefficient (Wildman–Crippen LogP) is 3.25. The van der Waals surface area contributed by atoms with E-state index >= 15 is 0 Å². The van der Waals surface area contributed by atoms with Gasteiger partial charge in [-0.1, -0.05) is 12.0 Å². The van der Waals surface area contributed by atoms with Crippen LogP contribution in [-0.4, -0.2) is 24.5 Å². The van der Waals surface area contributed by atoms with Crippen LogP contribution >= 0.6 is 0 Å². The Bertz CT molecular complexity index is 882. The number of hydrogen-bond acceptors (Lipinski definition) is 3. The standard InChI is InChI=1S/C18H13F3N2O2/c1-23-14-8-6-12(11-15(14)25-10-9-17(23)24)5-7-13-3-2-4-16(22-13)18(19,20)21/h2-4,6,8,11H,9-10H2,1H3. The van der Waals surface area contributed by atoms with Crippen molar-refractivity contribution in [1.29, 1.82) is 0 Å². The Balaban J connectivity index is 1.90. The number of hydrogen-bond donors (Lipinski definition) is 0. The lowest BCUT2D eigenvalue weighted by Gasteiger charge is -2.16. The first-order valence-electron chi connectivity index (χ1n) is 7.44. The molecule has 0 atom stereocenters. The average Bonchev–Trinajstić information content (AvgIpc) is 2.72. The molecule has 2 aromatic rings. The number of halogens is 3. The Hall–Kier alpha value is -3.01. The van der Waals surface area contributed by atoms with Crippen LogP contribution in [0.2, 0.25) is 0 Å². The second kappa shape index (κ2) is 6.48. The van der Waals surface area contributed by atoms with Crippen LogP contribution in [0.3, 0.4) is 0 Å². The highest BCUT2D eigenvalue weighted by Crippen LogP contribution is 2.31. The summed E-state index contributed by atoms with van der Waals surface area (Å²) in [5.41, 5.74) is 0.230. The zero-order valence-electron chi connectivity index (χ0n) is 13.2. The van der Waals surface area contributed by atoms with E-state index in [1.165, 1.54) is 17.0 Å². The average molecular weight is 346 g/mol. The maximum absolute atomic E-state index is 12.7. The van der Waals surface area contributed by atoms with E-state index in [2.05, 4.69) is 16.8 Å². The number of fused-ring (bicyclic) bond motifs is 1. The van der Waals surface area contributed by atoms with Crippen LogP contribution in [0.4, 0.5) is 18.9 Å². The molecule has 0 radical (unpaired) electrons. The fraction of sp³-hybridized carbons (Fsp3) is 0.222. The van der Waals surface area contributed by atoms with E-state index in [1.807, 2.05) is 0 Å². The number of rotatable bonds is 0. The minimum absolute atomic E-state index is 0.0259. The summed E-state index contributed by atoms with van der Waals surface area (Å²) in [6, 6.07) is 8.61. The van der Waals surface area contributed by atoms with Crippen LogP contribution in [0, 0.1) is 11.8 Å². The van der Waals surface area contributed by atoms with Gasteiger partial charge >= 0.3 is 6.18 Å². The lowest BCUT2D eigenvalue weighted by Crippen LogP contribution is -2.25. The van der Waals surface area contributed by atoms with Gasteiger partial charge in [-0.15, -0.1) is 0 Å². The van der Waals surface area contributed by atoms with E-state index in [4.69, 9.17) is 4.74 Å². The topological polar surface area (TPSA) is 42.4 Å². The number of carbonyl (C=O) groups excluding carboxylic acids is 1. The molecule has 128 valence electrons. The first-order chi connectivity index (χ1) is 11.8. The molecule has 4 nitrogen and oxygen atoms in total. The van der Waals surface area contributed by atoms with Gasteiger partial charge in [-0.25, -0.2) is 4.98 Å². The Kier molecular flexibility index (Phi) is 4.36. The SMILES string of the molecule is CN1C(=O)CCOc2cc(C#Cc3cccc(C(F)(F)F)n3)ccc21. The van der Waals surface area contributed by atoms with Crippen LogP contribution in [-0.2, 0) is 11.0 Å². The summed E-state index contributed by atoms with van der Waals surface area (Å²) in [6.07, 6.45) is -4.23. The van der Waals surface area contributed by atoms with Crippen LogP contribution in [0.15, 0.2) is 36.4 Å². The molecular formula is C18H13F3N2O2. The number of ether oxygens (including phenoxy) is 1. The third kappa shape index (κ3) is 3.74. The number of carbonyl (C=O) groups is 1. The minimum Gasteiger partial charge on any atom is -0.491 e. The molecule has 0 N–H and O–H groups in total. The zero-order chi connectivity index (χ0) is 18.0. The van der Waals surface area contributed by atoms with Crippen molar-refractivity contribution in [3.05, 3.63) is 53.3 Å². The molecule has 2 heterocycles. The number of benzene rings is 1. The molecule has 0 saturated carbocycles. The van der Waals surface area contributed by atoms with E-state index in [-0.39, 0.29) is 24.6 Å². The predicted molar refractivity (Wildman–Crippen MR) is 85.2 cm³/mol. The first-order valence-corrected chi connectivity index (χ1v) is 7.44. The molecule has 1 aliphatic heterocycles. The monoisotopic (exact) mass is 346 g/mol. The van der Waals surface area contributed by atoms with Crippen molar-refractivity contribution in [2.75, 3.05) is 18.6 Å². The molecule has 1 aromatic carbocycles. The maximum Gasteiger partial charge on any atom is 0.433 e. The summed E-state index contributed by atoms with van der Waals surface area (Å²) in [4.78, 5) is 16.8. The highest BCUT2D eigenvalue weighted by Gasteiger charge is 2.32. The number of alkyl halides is 3. The lowest BCUT2D eigenvalue weighted by atomic mass is 10.1. The third-order valence-electron chi connectivity index (χ3n) is 3.64. The highest BCUT2D eigenvalue weighted by atomic mass is 19.4. The van der Waals surface area contributed by atoms with Crippen molar-refractivity contribution in [3.8, 4) is 17.6 Å². The molecule has 0 saturated heterocycles. The van der Waals surface area contributed by atoms with E-state index in [0.717, 1.165) is 6.07 Å². The van der Waals surface area contributed by atoms with Crippen molar-refractivity contribution in [2.45, 2.75) is 12.6 Å². The van der Waals surface area contributed by atoms with Gasteiger partial charge in [0.05, 0.1) is 18.7 Å². The molecule has 0 aliphatic carbocycles. The molecule has 1 amide bonds. The summed E-state index contributed by atoms with van der Waals surface area (Å²) >= 11 is 0. The second-order valence-electron chi connectivity index (χ2n) is 5.39. The Morgan fingerprint density at radius 3 is 2.76 bits per heavy atom. The molecular weight excluding hydrogens is 333 g/mol. The van der Waals surface area contributed by atoms with E-state index in [9.17, 15) is 18.0 Å². The lowest BCUT2D eigenvalue weighted by molar-refractivity contribution is -0.141. The molecule has 1 aliphatic rings. The number of pyridine rings is 1. The molecule has 25 heavy (non-hydrogen) atoms. The van der Waals surface area contributed by atoms with Gasteiger partial charge in [0.1, 0.15) is 17.1 Å². The van der Waals surface area contributed by atoms with Crippen molar-refractivity contribution in [1.82, 2.24) is 4.98 Å². The van der Waals surface area contributed by atoms with Gasteiger partial charge in [0.25, 0.3) is 0 Å². The van der Waals surface area contributed by atoms with Gasteiger partial charge in [-0.05, 0) is 36.3 Å². The van der Waals surface area contributed by atoms with Crippen molar-refractivity contribution < 1.29 is 22.7 Å². The quantitative estimate of drug-likeness (QED) is 0.688. The van der Waals surface area contributed by atoms with Crippen molar-refractivity contribution in [2.24, 2.45) is 0 Å². The van der Waals surface area contributed by atoms with Crippen molar-refractivity contribution >= 4 is 11.6 Å². The van der Waals surface area contributed by atoms with Gasteiger partial charge in [0, 0.05) is 12.6 Å². The normalized spacial score (nSPS) is 14.1. The molecule has 0 unspecified atom stereocenters. The number of anilines is 1. The third-order valence-corrected chi connectivity index (χ3v) is 3.64. The smallest absolute Gasteiger partial charge is 0.433 e. The number of amides is 1. The summed E-state index contributed by atoms with van der Waals surface area (Å²) in [5, 5.41) is 0. The second-order valence-corrected chi connectivity index (χ2v) is 5.39. The van der Waals surface area contributed by atoms with Gasteiger partial charge in [0.15, 0.2) is 0 Å². The van der Waals surface area contributed by atoms with Gasteiger partial charge in [-0.2, -0.15) is 13.2 Å². The zero-order valence-corrected chi connectivity index (χ0v) is 13.2. The molecule has 0 fully saturated rings. The minimum atomic E-state index is -4.51. The number of aromatic nitrogens is 1. The Labute approximate surface area is 142 Å². The fourth-order valence-corrected chi connectivity index (χ4v) is 2.33. The Morgan fingerprint density at radius 1 is 1.20 bits per heavy atom. The van der Waals surface area contributed by atoms with Crippen LogP contribution in [0.1, 0.15) is 23.4 Å². The Morgan fingerprint density at radius 2 is 2.00 bits per heavy atom. The van der Waals surface area contributed by atoms with Crippen LogP contribution in [0.5, 0.6) is 5.75 Å². The van der Waals surface area contributed by atoms with Crippen LogP contribution < -0.4 is 9.64 Å². The summed E-state index contributed by atoms with van der Waals surface area (Å²) < 4.78 is 43.6. The highest BCUT2D eigenvalue weighted by molar-refractivity contribution is 5.95. The molecule has 0 spiro atoms. The van der Waals surface area contributed by atoms with E-state index in [1.54, 1.807) is 25.2 Å². The molecule has 0 bridgehead atoms. The fourth-order valence-electron chi connectivity index (χ4n) is 2.33. The summed E-state index contributed by atoms with van der Waals surface area (Å²) in [5.74, 6) is 5.85. The summed E-state index contributed by atoms with van der Waals surface area (Å²) in [6.45, 7) is 0.266. The molecule has 7 heteroatoms. The van der Waals surface area contributed by atoms with Gasteiger partial charge < -0.3 is 9.64 Å². The first kappa shape index (κ1) is 16.8. The maximum atomic E-state index is 12.7. The van der Waals surface area contributed by atoms with Gasteiger partial charge in [0.2, 0.25) is 5.91 Å². The van der Waals surface area contributed by atoms with E-state index < -0.39 is 11.9 Å². The molecule has 3 rings (SSSR count).